The topological polar surface area (TPSA) is 50.7 Å². The maximum Gasteiger partial charge on any atom is 0.277 e. The van der Waals surface area contributed by atoms with E-state index in [0.29, 0.717) is 5.75 Å². The quantitative estimate of drug-likeness (QED) is 0.561. The summed E-state index contributed by atoms with van der Waals surface area (Å²) in [5.74, 6) is 0.473. The Balaban J connectivity index is 1.80. The van der Waals surface area contributed by atoms with E-state index in [1.54, 1.807) is 0 Å². The third kappa shape index (κ3) is 8.91. The highest BCUT2D eigenvalue weighted by Gasteiger charge is 2.08. The summed E-state index contributed by atoms with van der Waals surface area (Å²) < 4.78 is 6.50. The number of aryl methyl sites for hydroxylation is 1. The van der Waals surface area contributed by atoms with Gasteiger partial charge in [-0.2, -0.15) is 5.10 Å². The second kappa shape index (κ2) is 12.9. The van der Waals surface area contributed by atoms with E-state index in [2.05, 4.69) is 33.4 Å². The number of ether oxygens (including phenoxy) is 1. The first kappa shape index (κ1) is 21.9. The number of hydrogen-bond donors (Lipinski definition) is 1. The SMILES string of the molecule is CCc1ccc(OCC(=O)NN=C2CCCCCCCCCCC2)c(Br)c1. The molecule has 0 saturated heterocycles. The van der Waals surface area contributed by atoms with Gasteiger partial charge in [0.05, 0.1) is 4.47 Å². The van der Waals surface area contributed by atoms with Crippen LogP contribution in [0, 0.1) is 0 Å². The smallest absolute Gasteiger partial charge is 0.277 e. The Morgan fingerprint density at radius 2 is 1.63 bits per heavy atom. The summed E-state index contributed by atoms with van der Waals surface area (Å²) >= 11 is 3.50. The lowest BCUT2D eigenvalue weighted by Crippen LogP contribution is -2.26. The van der Waals surface area contributed by atoms with Crippen LogP contribution in [0.3, 0.4) is 0 Å². The first-order valence-electron chi connectivity index (χ1n) is 10.4. The van der Waals surface area contributed by atoms with Crippen molar-refractivity contribution in [2.45, 2.75) is 84.0 Å². The van der Waals surface area contributed by atoms with Gasteiger partial charge in [0, 0.05) is 5.71 Å². The second-order valence-corrected chi connectivity index (χ2v) is 8.16. The van der Waals surface area contributed by atoms with Gasteiger partial charge in [-0.3, -0.25) is 4.79 Å². The van der Waals surface area contributed by atoms with Crippen LogP contribution < -0.4 is 10.2 Å². The van der Waals surface area contributed by atoms with E-state index in [1.807, 2.05) is 18.2 Å². The Morgan fingerprint density at radius 1 is 1.04 bits per heavy atom. The Kier molecular flexibility index (Phi) is 10.5. The summed E-state index contributed by atoms with van der Waals surface area (Å²) in [5, 5.41) is 4.40. The summed E-state index contributed by atoms with van der Waals surface area (Å²) in [7, 11) is 0. The van der Waals surface area contributed by atoms with E-state index in [-0.39, 0.29) is 12.5 Å². The fraction of sp³-hybridized carbons (Fsp3) is 0.636. The standard InChI is InChI=1S/C22H33BrN2O2/c1-2-18-14-15-21(20(23)16-18)27-17-22(26)25-24-19-12-10-8-6-4-3-5-7-9-11-13-19/h14-16H,2-13,17H2,1H3,(H,25,26). The van der Waals surface area contributed by atoms with Crippen LogP contribution >= 0.6 is 15.9 Å². The van der Waals surface area contributed by atoms with Gasteiger partial charge in [-0.05, 0) is 65.7 Å². The molecule has 2 rings (SSSR count). The molecule has 0 spiro atoms. The number of nitrogens with one attached hydrogen (secondary N) is 1. The largest absolute Gasteiger partial charge is 0.483 e. The number of hydrogen-bond acceptors (Lipinski definition) is 3. The highest BCUT2D eigenvalue weighted by Crippen LogP contribution is 2.26. The van der Waals surface area contributed by atoms with E-state index in [4.69, 9.17) is 4.74 Å². The van der Waals surface area contributed by atoms with Gasteiger partial charge in [0.25, 0.3) is 5.91 Å². The molecule has 0 unspecified atom stereocenters. The van der Waals surface area contributed by atoms with Gasteiger partial charge < -0.3 is 4.74 Å². The van der Waals surface area contributed by atoms with Crippen LogP contribution in [0.25, 0.3) is 0 Å². The fourth-order valence-corrected chi connectivity index (χ4v) is 3.87. The zero-order valence-electron chi connectivity index (χ0n) is 16.6. The van der Waals surface area contributed by atoms with Crippen LogP contribution in [-0.4, -0.2) is 18.2 Å². The van der Waals surface area contributed by atoms with Crippen molar-refractivity contribution >= 4 is 27.5 Å². The molecule has 0 heterocycles. The first-order chi connectivity index (χ1) is 13.2. The highest BCUT2D eigenvalue weighted by molar-refractivity contribution is 9.10. The molecule has 1 aliphatic rings. The molecule has 5 heteroatoms. The van der Waals surface area contributed by atoms with Gasteiger partial charge in [-0.15, -0.1) is 0 Å². The van der Waals surface area contributed by atoms with Gasteiger partial charge in [0.15, 0.2) is 6.61 Å². The maximum atomic E-state index is 12.1. The number of nitrogens with zero attached hydrogens (tertiary/aromatic N) is 1. The van der Waals surface area contributed by atoms with Crippen LogP contribution in [0.5, 0.6) is 5.75 Å². The Hall–Kier alpha value is -1.36. The van der Waals surface area contributed by atoms with Crippen molar-refractivity contribution in [3.63, 3.8) is 0 Å². The van der Waals surface area contributed by atoms with Gasteiger partial charge in [-0.25, -0.2) is 5.43 Å². The maximum absolute atomic E-state index is 12.1. The molecule has 0 radical (unpaired) electrons. The lowest BCUT2D eigenvalue weighted by molar-refractivity contribution is -0.123. The summed E-state index contributed by atoms with van der Waals surface area (Å²) in [6, 6.07) is 5.94. The molecule has 1 N–H and O–H groups in total. The molecule has 0 atom stereocenters. The van der Waals surface area contributed by atoms with Crippen molar-refractivity contribution in [1.82, 2.24) is 5.43 Å². The molecule has 4 nitrogen and oxygen atoms in total. The van der Waals surface area contributed by atoms with Gasteiger partial charge in [-0.1, -0.05) is 57.9 Å². The molecule has 27 heavy (non-hydrogen) atoms. The number of halogens is 1. The van der Waals surface area contributed by atoms with E-state index in [0.717, 1.165) is 29.4 Å². The minimum Gasteiger partial charge on any atom is -0.483 e. The summed E-state index contributed by atoms with van der Waals surface area (Å²) in [6.07, 6.45) is 14.5. The molecule has 150 valence electrons. The van der Waals surface area contributed by atoms with Crippen LogP contribution in [0.15, 0.2) is 27.8 Å². The van der Waals surface area contributed by atoms with Crippen LogP contribution in [0.4, 0.5) is 0 Å². The Morgan fingerprint density at radius 3 is 2.19 bits per heavy atom. The third-order valence-electron chi connectivity index (χ3n) is 5.03. The van der Waals surface area contributed by atoms with Gasteiger partial charge in [0.2, 0.25) is 0 Å². The minimum atomic E-state index is -0.208. The van der Waals surface area contributed by atoms with E-state index >= 15 is 0 Å². The predicted molar refractivity (Wildman–Crippen MR) is 115 cm³/mol. The van der Waals surface area contributed by atoms with Crippen LogP contribution in [0.1, 0.15) is 83.1 Å². The third-order valence-corrected chi connectivity index (χ3v) is 5.65. The Bertz CT molecular complexity index is 602. The zero-order chi connectivity index (χ0) is 19.3. The van der Waals surface area contributed by atoms with E-state index in [9.17, 15) is 4.79 Å². The molecule has 1 saturated carbocycles. The van der Waals surface area contributed by atoms with E-state index in [1.165, 1.54) is 63.4 Å². The minimum absolute atomic E-state index is 0.0269. The lowest BCUT2D eigenvalue weighted by Gasteiger charge is -2.11. The molecular formula is C22H33BrN2O2. The number of amides is 1. The lowest BCUT2D eigenvalue weighted by atomic mass is 10.00. The van der Waals surface area contributed by atoms with Gasteiger partial charge >= 0.3 is 0 Å². The van der Waals surface area contributed by atoms with Crippen molar-refractivity contribution < 1.29 is 9.53 Å². The van der Waals surface area contributed by atoms with Crippen molar-refractivity contribution in [2.75, 3.05) is 6.61 Å². The number of benzene rings is 1. The fourth-order valence-electron chi connectivity index (χ4n) is 3.33. The molecule has 1 amide bonds. The average Bonchev–Trinajstić information content (AvgIpc) is 2.66. The van der Waals surface area contributed by atoms with Gasteiger partial charge in [0.1, 0.15) is 5.75 Å². The molecule has 1 fully saturated rings. The highest BCUT2D eigenvalue weighted by atomic mass is 79.9. The monoisotopic (exact) mass is 436 g/mol. The van der Waals surface area contributed by atoms with Crippen LogP contribution in [0.2, 0.25) is 0 Å². The summed E-state index contributed by atoms with van der Waals surface area (Å²) in [5.41, 5.74) is 5.04. The van der Waals surface area contributed by atoms with Crippen molar-refractivity contribution in [2.24, 2.45) is 5.10 Å². The number of rotatable bonds is 5. The van der Waals surface area contributed by atoms with E-state index < -0.39 is 0 Å². The second-order valence-electron chi connectivity index (χ2n) is 7.30. The molecule has 1 aliphatic carbocycles. The molecular weight excluding hydrogens is 404 g/mol. The summed E-state index contributed by atoms with van der Waals surface area (Å²) in [4.78, 5) is 12.1. The normalized spacial score (nSPS) is 16.7. The zero-order valence-corrected chi connectivity index (χ0v) is 18.2. The summed E-state index contributed by atoms with van der Waals surface area (Å²) in [6.45, 7) is 2.08. The number of hydrazone groups is 1. The first-order valence-corrected chi connectivity index (χ1v) is 11.2. The molecule has 0 bridgehead atoms. The van der Waals surface area contributed by atoms with Crippen molar-refractivity contribution in [3.05, 3.63) is 28.2 Å². The van der Waals surface area contributed by atoms with Crippen LogP contribution in [-0.2, 0) is 11.2 Å². The molecule has 1 aromatic rings. The molecule has 1 aromatic carbocycles. The number of carbonyl (C=O) groups is 1. The van der Waals surface area contributed by atoms with Crippen molar-refractivity contribution in [3.8, 4) is 5.75 Å². The predicted octanol–water partition coefficient (Wildman–Crippen LogP) is 6.17. The Labute approximate surface area is 172 Å². The molecule has 0 aliphatic heterocycles. The number of carbonyl (C=O) groups excluding carboxylic acids is 1. The average molecular weight is 437 g/mol. The van der Waals surface area contributed by atoms with Crippen molar-refractivity contribution in [1.29, 1.82) is 0 Å². The molecule has 0 aromatic heterocycles.